The first kappa shape index (κ1) is 9.64. The maximum absolute atomic E-state index is 10.6. The quantitative estimate of drug-likeness (QED) is 0.473. The van der Waals surface area contributed by atoms with Gasteiger partial charge in [-0.25, -0.2) is 0 Å². The molecule has 0 unspecified atom stereocenters. The van der Waals surface area contributed by atoms with Crippen molar-refractivity contribution in [2.24, 2.45) is 0 Å². The van der Waals surface area contributed by atoms with E-state index in [1.54, 1.807) is 26.4 Å². The zero-order chi connectivity index (χ0) is 9.84. The van der Waals surface area contributed by atoms with Crippen LogP contribution in [0.25, 0.3) is 0 Å². The van der Waals surface area contributed by atoms with Gasteiger partial charge >= 0.3 is 0 Å². The molecule has 0 atom stereocenters. The predicted molar refractivity (Wildman–Crippen MR) is 53.1 cm³/mol. The molecule has 0 aliphatic heterocycles. The van der Waals surface area contributed by atoms with E-state index in [4.69, 9.17) is 9.47 Å². The van der Waals surface area contributed by atoms with Gasteiger partial charge < -0.3 is 9.47 Å². The Morgan fingerprint density at radius 1 is 1.23 bits per heavy atom. The van der Waals surface area contributed by atoms with Crippen molar-refractivity contribution < 1.29 is 14.3 Å². The zero-order valence-electron chi connectivity index (χ0n) is 7.96. The van der Waals surface area contributed by atoms with Crippen molar-refractivity contribution in [3.05, 3.63) is 17.7 Å². The SMILES string of the molecule is Bc1cc(OC)c(OC)cc1C=O. The smallest absolute Gasteiger partial charge is 0.161 e. The van der Waals surface area contributed by atoms with Crippen LogP contribution in [0.2, 0.25) is 0 Å². The van der Waals surface area contributed by atoms with Gasteiger partial charge in [-0.1, -0.05) is 5.46 Å². The second kappa shape index (κ2) is 3.98. The van der Waals surface area contributed by atoms with Crippen LogP contribution in [0, 0.1) is 0 Å². The molecule has 0 aliphatic carbocycles. The number of aldehydes is 1. The van der Waals surface area contributed by atoms with Gasteiger partial charge in [-0.05, 0) is 12.1 Å². The third kappa shape index (κ3) is 1.83. The molecule has 13 heavy (non-hydrogen) atoms. The Bertz CT molecular complexity index is 323. The monoisotopic (exact) mass is 178 g/mol. The van der Waals surface area contributed by atoms with Crippen LogP contribution in [0.5, 0.6) is 11.5 Å². The Kier molecular flexibility index (Phi) is 2.95. The molecule has 68 valence electrons. The minimum absolute atomic E-state index is 0.579. The van der Waals surface area contributed by atoms with Gasteiger partial charge in [-0.2, -0.15) is 0 Å². The minimum Gasteiger partial charge on any atom is -0.493 e. The number of rotatable bonds is 3. The van der Waals surface area contributed by atoms with E-state index in [0.29, 0.717) is 17.1 Å². The summed E-state index contributed by atoms with van der Waals surface area (Å²) in [5.41, 5.74) is 1.50. The molecule has 0 saturated carbocycles. The van der Waals surface area contributed by atoms with Gasteiger partial charge in [0.1, 0.15) is 14.1 Å². The summed E-state index contributed by atoms with van der Waals surface area (Å²) in [6.45, 7) is 0. The molecule has 0 saturated heterocycles. The Labute approximate surface area is 78.1 Å². The summed E-state index contributed by atoms with van der Waals surface area (Å²) in [5, 5.41) is 0. The van der Waals surface area contributed by atoms with E-state index in [1.807, 2.05) is 7.85 Å². The van der Waals surface area contributed by atoms with E-state index in [9.17, 15) is 4.79 Å². The Hall–Kier alpha value is -1.45. The average Bonchev–Trinajstić information content (AvgIpc) is 2.17. The van der Waals surface area contributed by atoms with Gasteiger partial charge in [0.2, 0.25) is 0 Å². The van der Waals surface area contributed by atoms with E-state index in [0.717, 1.165) is 11.7 Å². The first-order valence-electron chi connectivity index (χ1n) is 3.90. The van der Waals surface area contributed by atoms with Crippen molar-refractivity contribution in [2.45, 2.75) is 0 Å². The second-order valence-corrected chi connectivity index (χ2v) is 2.68. The maximum Gasteiger partial charge on any atom is 0.161 e. The minimum atomic E-state index is 0.579. The van der Waals surface area contributed by atoms with E-state index in [1.165, 1.54) is 0 Å². The number of hydrogen-bond donors (Lipinski definition) is 0. The van der Waals surface area contributed by atoms with Crippen molar-refractivity contribution in [3.8, 4) is 11.5 Å². The van der Waals surface area contributed by atoms with Gasteiger partial charge in [0, 0.05) is 5.56 Å². The number of carbonyl (C=O) groups is 1. The van der Waals surface area contributed by atoms with Crippen LogP contribution < -0.4 is 14.9 Å². The summed E-state index contributed by atoms with van der Waals surface area (Å²) in [6.07, 6.45) is 0.803. The summed E-state index contributed by atoms with van der Waals surface area (Å²) in [6, 6.07) is 3.45. The van der Waals surface area contributed by atoms with Crippen LogP contribution >= 0.6 is 0 Å². The first-order chi connectivity index (χ1) is 6.22. The van der Waals surface area contributed by atoms with Gasteiger partial charge in [-0.3, -0.25) is 4.79 Å². The molecule has 0 fully saturated rings. The Morgan fingerprint density at radius 2 is 1.77 bits per heavy atom. The second-order valence-electron chi connectivity index (χ2n) is 2.68. The van der Waals surface area contributed by atoms with Crippen LogP contribution in [0.1, 0.15) is 10.4 Å². The lowest BCUT2D eigenvalue weighted by molar-refractivity contribution is 0.112. The van der Waals surface area contributed by atoms with Crippen molar-refractivity contribution in [2.75, 3.05) is 14.2 Å². The van der Waals surface area contributed by atoms with Crippen molar-refractivity contribution in [1.29, 1.82) is 0 Å². The summed E-state index contributed by atoms with van der Waals surface area (Å²) in [5.74, 6) is 1.22. The fourth-order valence-electron chi connectivity index (χ4n) is 1.12. The summed E-state index contributed by atoms with van der Waals surface area (Å²) in [7, 11) is 4.96. The molecule has 0 radical (unpaired) electrons. The number of benzene rings is 1. The van der Waals surface area contributed by atoms with Gasteiger partial charge in [0.15, 0.2) is 11.5 Å². The van der Waals surface area contributed by atoms with Crippen LogP contribution in [0.4, 0.5) is 0 Å². The van der Waals surface area contributed by atoms with Crippen LogP contribution in [0.3, 0.4) is 0 Å². The molecule has 1 rings (SSSR count). The molecule has 0 heterocycles. The highest BCUT2D eigenvalue weighted by Gasteiger charge is 2.06. The third-order valence-corrected chi connectivity index (χ3v) is 1.90. The fraction of sp³-hybridized carbons (Fsp3) is 0.222. The van der Waals surface area contributed by atoms with Crippen LogP contribution in [-0.4, -0.2) is 28.4 Å². The highest BCUT2D eigenvalue weighted by Crippen LogP contribution is 2.25. The molecule has 4 heteroatoms. The number of ether oxygens (including phenoxy) is 2. The lowest BCUT2D eigenvalue weighted by Crippen LogP contribution is -2.10. The number of hydrogen-bond acceptors (Lipinski definition) is 3. The fourth-order valence-corrected chi connectivity index (χ4v) is 1.12. The largest absolute Gasteiger partial charge is 0.493 e. The molecular weight excluding hydrogens is 167 g/mol. The van der Waals surface area contributed by atoms with Gasteiger partial charge in [0.05, 0.1) is 14.2 Å². The molecule has 0 aromatic heterocycles. The topological polar surface area (TPSA) is 35.5 Å². The van der Waals surface area contributed by atoms with Gasteiger partial charge in [0.25, 0.3) is 0 Å². The summed E-state index contributed by atoms with van der Waals surface area (Å²) >= 11 is 0. The highest BCUT2D eigenvalue weighted by molar-refractivity contribution is 6.35. The lowest BCUT2D eigenvalue weighted by atomic mass is 9.90. The van der Waals surface area contributed by atoms with E-state index < -0.39 is 0 Å². The van der Waals surface area contributed by atoms with E-state index in [-0.39, 0.29) is 0 Å². The van der Waals surface area contributed by atoms with E-state index in [2.05, 4.69) is 0 Å². The normalized spacial score (nSPS) is 9.38. The molecule has 1 aromatic carbocycles. The standard InChI is InChI=1S/C9H11BO3/c1-12-8-3-6(5-11)7(10)4-9(8)13-2/h3-5H,10H2,1-2H3. The number of carbonyl (C=O) groups excluding carboxylic acids is 1. The van der Waals surface area contributed by atoms with Crippen molar-refractivity contribution in [1.82, 2.24) is 0 Å². The van der Waals surface area contributed by atoms with E-state index >= 15 is 0 Å². The molecule has 0 N–H and O–H groups in total. The summed E-state index contributed by atoms with van der Waals surface area (Å²) < 4.78 is 10.1. The molecule has 0 amide bonds. The average molecular weight is 178 g/mol. The zero-order valence-corrected chi connectivity index (χ0v) is 7.96. The Morgan fingerprint density at radius 3 is 2.23 bits per heavy atom. The van der Waals surface area contributed by atoms with Gasteiger partial charge in [-0.15, -0.1) is 0 Å². The first-order valence-corrected chi connectivity index (χ1v) is 3.90. The lowest BCUT2D eigenvalue weighted by Gasteiger charge is -2.09. The van der Waals surface area contributed by atoms with Crippen molar-refractivity contribution in [3.63, 3.8) is 0 Å². The van der Waals surface area contributed by atoms with Crippen LogP contribution in [0.15, 0.2) is 12.1 Å². The molecule has 0 bridgehead atoms. The predicted octanol–water partition coefficient (Wildman–Crippen LogP) is -0.225. The molecular formula is C9H11BO3. The van der Waals surface area contributed by atoms with Crippen LogP contribution in [-0.2, 0) is 0 Å². The molecule has 0 aliphatic rings. The third-order valence-electron chi connectivity index (χ3n) is 1.90. The van der Waals surface area contributed by atoms with Crippen molar-refractivity contribution >= 4 is 19.6 Å². The number of methoxy groups -OCH3 is 2. The highest BCUT2D eigenvalue weighted by atomic mass is 16.5. The summed E-state index contributed by atoms with van der Waals surface area (Å²) in [4.78, 5) is 10.6. The molecule has 1 aromatic rings. The Balaban J connectivity index is 3.26. The maximum atomic E-state index is 10.6. The molecule has 3 nitrogen and oxygen atoms in total. The molecule has 0 spiro atoms.